The molecule has 0 radical (unpaired) electrons. The highest BCUT2D eigenvalue weighted by molar-refractivity contribution is 5.03. The molecule has 0 unspecified atom stereocenters. The lowest BCUT2D eigenvalue weighted by atomic mass is 9.49. The highest BCUT2D eigenvalue weighted by Gasteiger charge is 2.56. The summed E-state index contributed by atoms with van der Waals surface area (Å²) in [5.41, 5.74) is 0.451. The highest BCUT2D eigenvalue weighted by atomic mass is 16.8. The van der Waals surface area contributed by atoms with E-state index in [4.69, 9.17) is 9.47 Å². The molecule has 2 heteroatoms. The fourth-order valence-electron chi connectivity index (χ4n) is 4.96. The topological polar surface area (TPSA) is 18.5 Å². The first-order chi connectivity index (χ1) is 6.84. The first-order valence-corrected chi connectivity index (χ1v) is 6.07. The molecule has 5 aliphatic rings. The molecule has 0 N–H and O–H groups in total. The average molecular weight is 194 g/mol. The van der Waals surface area contributed by atoms with Crippen molar-refractivity contribution in [2.45, 2.75) is 44.8 Å². The minimum absolute atomic E-state index is 0.177. The molecule has 0 aromatic rings. The summed E-state index contributed by atoms with van der Waals surface area (Å²) in [6.07, 6.45) is 8.87. The van der Waals surface area contributed by atoms with Gasteiger partial charge in [-0.15, -0.1) is 0 Å². The molecule has 1 saturated heterocycles. The van der Waals surface area contributed by atoms with Gasteiger partial charge in [0.15, 0.2) is 13.1 Å². The molecule has 0 aromatic carbocycles. The molecule has 14 heavy (non-hydrogen) atoms. The third-order valence-corrected chi connectivity index (χ3v) is 5.02. The predicted molar refractivity (Wildman–Crippen MR) is 51.4 cm³/mol. The Kier molecular flexibility index (Phi) is 1.47. The van der Waals surface area contributed by atoms with Crippen LogP contribution in [0.2, 0.25) is 0 Å². The van der Waals surface area contributed by atoms with Crippen molar-refractivity contribution in [3.8, 4) is 0 Å². The molecule has 4 bridgehead atoms. The molecule has 1 heterocycles. The van der Waals surface area contributed by atoms with Gasteiger partial charge in [0.05, 0.1) is 0 Å². The molecule has 4 saturated carbocycles. The van der Waals surface area contributed by atoms with Gasteiger partial charge in [0.2, 0.25) is 0 Å². The van der Waals surface area contributed by atoms with E-state index in [1.54, 1.807) is 0 Å². The van der Waals surface area contributed by atoms with Crippen LogP contribution in [0.4, 0.5) is 0 Å². The molecule has 0 spiro atoms. The van der Waals surface area contributed by atoms with Crippen LogP contribution >= 0.6 is 0 Å². The molecule has 0 aromatic heterocycles. The third-order valence-electron chi connectivity index (χ3n) is 5.02. The average Bonchev–Trinajstić information content (AvgIpc) is 1.95. The summed E-state index contributed by atoms with van der Waals surface area (Å²) >= 11 is 0. The molecule has 78 valence electrons. The summed E-state index contributed by atoms with van der Waals surface area (Å²) < 4.78 is 11.2. The predicted octanol–water partition coefficient (Wildman–Crippen LogP) is 2.53. The van der Waals surface area contributed by atoms with Crippen molar-refractivity contribution in [2.75, 3.05) is 6.79 Å². The fourth-order valence-corrected chi connectivity index (χ4v) is 4.96. The zero-order valence-electron chi connectivity index (χ0n) is 8.58. The molecule has 4 aliphatic carbocycles. The maximum atomic E-state index is 5.59. The zero-order valence-corrected chi connectivity index (χ0v) is 8.58. The Morgan fingerprint density at radius 3 is 1.64 bits per heavy atom. The minimum atomic E-state index is 0.177. The van der Waals surface area contributed by atoms with Gasteiger partial charge in [-0.05, 0) is 56.3 Å². The molecule has 1 aliphatic heterocycles. The molecular formula is C12H18O2. The van der Waals surface area contributed by atoms with Gasteiger partial charge in [0.1, 0.15) is 0 Å². The zero-order chi connectivity index (χ0) is 9.17. The quantitative estimate of drug-likeness (QED) is 0.638. The minimum Gasteiger partial charge on any atom is -0.326 e. The molecule has 2 nitrogen and oxygen atoms in total. The van der Waals surface area contributed by atoms with E-state index in [0.29, 0.717) is 12.2 Å². The summed E-state index contributed by atoms with van der Waals surface area (Å²) in [7, 11) is 0. The fraction of sp³-hybridized carbons (Fsp3) is 1.00. The third kappa shape index (κ3) is 0.938. The van der Waals surface area contributed by atoms with Gasteiger partial charge in [-0.3, -0.25) is 0 Å². The molecule has 5 rings (SSSR count). The first-order valence-electron chi connectivity index (χ1n) is 6.07. The number of hydrogen-bond acceptors (Lipinski definition) is 2. The Hall–Kier alpha value is -0.0800. The van der Waals surface area contributed by atoms with Crippen LogP contribution in [-0.2, 0) is 9.47 Å². The maximum Gasteiger partial charge on any atom is 0.168 e. The van der Waals surface area contributed by atoms with Crippen LogP contribution in [0.5, 0.6) is 0 Å². The summed E-state index contributed by atoms with van der Waals surface area (Å²) in [6, 6.07) is 0. The lowest BCUT2D eigenvalue weighted by Gasteiger charge is -2.60. The van der Waals surface area contributed by atoms with Crippen LogP contribution in [0, 0.1) is 23.2 Å². The van der Waals surface area contributed by atoms with Gasteiger partial charge in [-0.25, -0.2) is 0 Å². The Morgan fingerprint density at radius 1 is 0.786 bits per heavy atom. The maximum absolute atomic E-state index is 5.59. The Balaban J connectivity index is 1.66. The Morgan fingerprint density at radius 2 is 1.29 bits per heavy atom. The van der Waals surface area contributed by atoms with Crippen LogP contribution in [-0.4, -0.2) is 13.1 Å². The van der Waals surface area contributed by atoms with Gasteiger partial charge >= 0.3 is 0 Å². The number of rotatable bonds is 1. The normalized spacial score (nSPS) is 56.1. The van der Waals surface area contributed by atoms with Gasteiger partial charge in [-0.1, -0.05) is 0 Å². The second-order valence-electron chi connectivity index (χ2n) is 6.06. The standard InChI is InChI=1S/C12H18O2/c1-8-2-10-3-9(1)5-12(4-8,6-10)11-13-7-14-11/h8-11H,1-7H2. The van der Waals surface area contributed by atoms with Crippen molar-refractivity contribution < 1.29 is 9.47 Å². The smallest absolute Gasteiger partial charge is 0.168 e. The van der Waals surface area contributed by atoms with Crippen LogP contribution in [0.3, 0.4) is 0 Å². The summed E-state index contributed by atoms with van der Waals surface area (Å²) in [6.45, 7) is 0.548. The molecule has 5 fully saturated rings. The molecular weight excluding hydrogens is 176 g/mol. The van der Waals surface area contributed by atoms with Gasteiger partial charge < -0.3 is 9.47 Å². The van der Waals surface area contributed by atoms with E-state index in [0.717, 1.165) is 17.8 Å². The largest absolute Gasteiger partial charge is 0.326 e. The SMILES string of the molecule is C1OC(C23CC4CC(CC(C4)C2)C3)O1. The van der Waals surface area contributed by atoms with Crippen LogP contribution in [0.15, 0.2) is 0 Å². The van der Waals surface area contributed by atoms with Crippen molar-refractivity contribution in [3.63, 3.8) is 0 Å². The second-order valence-corrected chi connectivity index (χ2v) is 6.06. The van der Waals surface area contributed by atoms with E-state index < -0.39 is 0 Å². The van der Waals surface area contributed by atoms with Crippen LogP contribution < -0.4 is 0 Å². The van der Waals surface area contributed by atoms with Crippen molar-refractivity contribution in [2.24, 2.45) is 23.2 Å². The second kappa shape index (κ2) is 2.53. The summed E-state index contributed by atoms with van der Waals surface area (Å²) in [5, 5.41) is 0. The van der Waals surface area contributed by atoms with E-state index in [1.807, 2.05) is 0 Å². The number of ether oxygens (including phenoxy) is 2. The monoisotopic (exact) mass is 194 g/mol. The lowest BCUT2D eigenvalue weighted by Crippen LogP contribution is -2.56. The van der Waals surface area contributed by atoms with Gasteiger partial charge in [0.25, 0.3) is 0 Å². The molecule has 0 atom stereocenters. The van der Waals surface area contributed by atoms with E-state index in [1.165, 1.54) is 38.5 Å². The Bertz CT molecular complexity index is 222. The Labute approximate surface area is 85.0 Å². The van der Waals surface area contributed by atoms with E-state index in [9.17, 15) is 0 Å². The number of hydrogen-bond donors (Lipinski definition) is 0. The van der Waals surface area contributed by atoms with Crippen LogP contribution in [0.25, 0.3) is 0 Å². The summed E-state index contributed by atoms with van der Waals surface area (Å²) in [4.78, 5) is 0. The van der Waals surface area contributed by atoms with E-state index in [2.05, 4.69) is 0 Å². The summed E-state index contributed by atoms with van der Waals surface area (Å²) in [5.74, 6) is 3.03. The van der Waals surface area contributed by atoms with Gasteiger partial charge in [-0.2, -0.15) is 0 Å². The van der Waals surface area contributed by atoms with Crippen molar-refractivity contribution >= 4 is 0 Å². The van der Waals surface area contributed by atoms with Crippen molar-refractivity contribution in [1.29, 1.82) is 0 Å². The first kappa shape index (κ1) is 8.12. The molecule has 0 amide bonds. The van der Waals surface area contributed by atoms with E-state index >= 15 is 0 Å². The van der Waals surface area contributed by atoms with Crippen molar-refractivity contribution in [3.05, 3.63) is 0 Å². The van der Waals surface area contributed by atoms with E-state index in [-0.39, 0.29) is 6.29 Å². The van der Waals surface area contributed by atoms with Crippen molar-refractivity contribution in [1.82, 2.24) is 0 Å². The highest BCUT2D eigenvalue weighted by Crippen LogP contribution is 2.62. The van der Waals surface area contributed by atoms with Crippen LogP contribution in [0.1, 0.15) is 38.5 Å². The lowest BCUT2D eigenvalue weighted by molar-refractivity contribution is -0.379. The van der Waals surface area contributed by atoms with Gasteiger partial charge in [0, 0.05) is 5.41 Å².